The van der Waals surface area contributed by atoms with Crippen LogP contribution in [0.5, 0.6) is 0 Å². The van der Waals surface area contributed by atoms with Crippen LogP contribution in [0.3, 0.4) is 0 Å². The van der Waals surface area contributed by atoms with Crippen LogP contribution in [0.2, 0.25) is 0 Å². The molecule has 0 aliphatic carbocycles. The van der Waals surface area contributed by atoms with Crippen LogP contribution in [0.1, 0.15) is 39.9 Å². The molecular formula is C26H27N3O4. The van der Waals surface area contributed by atoms with E-state index in [1.54, 1.807) is 24.3 Å². The van der Waals surface area contributed by atoms with E-state index >= 15 is 0 Å². The number of carbonyl (C=O) groups excluding carboxylic acids is 3. The van der Waals surface area contributed by atoms with E-state index in [9.17, 15) is 14.4 Å². The third-order valence-electron chi connectivity index (χ3n) is 4.70. The van der Waals surface area contributed by atoms with Gasteiger partial charge in [0, 0.05) is 36.1 Å². The summed E-state index contributed by atoms with van der Waals surface area (Å²) in [5.74, 6) is 10.6. The zero-order chi connectivity index (χ0) is 24.1. The molecule has 7 nitrogen and oxygen atoms in total. The molecule has 0 saturated carbocycles. The normalized spacial score (nSPS) is 10.8. The van der Waals surface area contributed by atoms with Crippen molar-refractivity contribution in [1.29, 1.82) is 0 Å². The van der Waals surface area contributed by atoms with Crippen LogP contribution >= 0.6 is 0 Å². The number of carbonyl (C=O) groups is 3. The first-order valence-electron chi connectivity index (χ1n) is 10.5. The maximum Gasteiger partial charge on any atom is 0.251 e. The average molecular weight is 446 g/mol. The number of rotatable bonds is 10. The van der Waals surface area contributed by atoms with Gasteiger partial charge >= 0.3 is 0 Å². The molecule has 33 heavy (non-hydrogen) atoms. The highest BCUT2D eigenvalue weighted by Gasteiger charge is 2.18. The lowest BCUT2D eigenvalue weighted by Gasteiger charge is -2.14. The quantitative estimate of drug-likeness (QED) is 0.395. The maximum atomic E-state index is 12.2. The number of hydrogen-bond donors (Lipinski definition) is 4. The first kappa shape index (κ1) is 25.5. The topological polar surface area (TPSA) is 136 Å². The second-order valence-corrected chi connectivity index (χ2v) is 7.27. The van der Waals surface area contributed by atoms with Crippen molar-refractivity contribution in [1.82, 2.24) is 5.32 Å². The van der Waals surface area contributed by atoms with Gasteiger partial charge in [0.2, 0.25) is 0 Å². The van der Waals surface area contributed by atoms with Gasteiger partial charge in [0.25, 0.3) is 5.91 Å². The van der Waals surface area contributed by atoms with E-state index < -0.39 is 24.3 Å². The number of benzene rings is 2. The fourth-order valence-corrected chi connectivity index (χ4v) is 2.91. The molecule has 1 atom stereocenters. The van der Waals surface area contributed by atoms with Crippen molar-refractivity contribution >= 4 is 17.5 Å². The summed E-state index contributed by atoms with van der Waals surface area (Å²) in [4.78, 5) is 35.7. The van der Waals surface area contributed by atoms with Crippen molar-refractivity contribution in [3.8, 4) is 23.7 Å². The smallest absolute Gasteiger partial charge is 0.251 e. The minimum atomic E-state index is -0.931. The molecule has 0 unspecified atom stereocenters. The summed E-state index contributed by atoms with van der Waals surface area (Å²) in [5, 5.41) is 11.4. The molecule has 0 bridgehead atoms. The molecule has 2 aromatic rings. The van der Waals surface area contributed by atoms with E-state index in [2.05, 4.69) is 29.0 Å². The summed E-state index contributed by atoms with van der Waals surface area (Å²) in [6.07, 6.45) is 1.53. The Morgan fingerprint density at radius 2 is 1.67 bits per heavy atom. The molecule has 170 valence electrons. The van der Waals surface area contributed by atoms with E-state index in [0.29, 0.717) is 36.9 Å². The van der Waals surface area contributed by atoms with E-state index in [-0.39, 0.29) is 12.3 Å². The molecular weight excluding hydrogens is 418 g/mol. The molecule has 0 spiro atoms. The maximum absolute atomic E-state index is 12.2. The zero-order valence-electron chi connectivity index (χ0n) is 18.3. The number of ketones is 2. The van der Waals surface area contributed by atoms with Gasteiger partial charge < -0.3 is 21.9 Å². The third kappa shape index (κ3) is 8.72. The zero-order valence-corrected chi connectivity index (χ0v) is 18.3. The Kier molecular flexibility index (Phi) is 10.5. The monoisotopic (exact) mass is 445 g/mol. The van der Waals surface area contributed by atoms with E-state index in [1.165, 1.54) is 0 Å². The Morgan fingerprint density at radius 3 is 2.30 bits per heavy atom. The molecule has 0 heterocycles. The number of aliphatic hydroxyl groups is 1. The first-order chi connectivity index (χ1) is 16.0. The van der Waals surface area contributed by atoms with Gasteiger partial charge in [-0.15, -0.1) is 0 Å². The average Bonchev–Trinajstić information content (AvgIpc) is 2.83. The molecule has 0 saturated heterocycles. The van der Waals surface area contributed by atoms with Gasteiger partial charge in [-0.05, 0) is 66.8 Å². The highest BCUT2D eigenvalue weighted by molar-refractivity contribution is 5.98. The minimum absolute atomic E-state index is 0.0964. The predicted octanol–water partition coefficient (Wildman–Crippen LogP) is 0.559. The van der Waals surface area contributed by atoms with E-state index in [1.807, 2.05) is 24.3 Å². The van der Waals surface area contributed by atoms with Crippen molar-refractivity contribution in [2.24, 2.45) is 11.5 Å². The van der Waals surface area contributed by atoms with Gasteiger partial charge in [-0.2, -0.15) is 0 Å². The number of amides is 1. The van der Waals surface area contributed by atoms with E-state index in [0.717, 1.165) is 11.1 Å². The second-order valence-electron chi connectivity index (χ2n) is 7.27. The summed E-state index contributed by atoms with van der Waals surface area (Å²) >= 11 is 0. The Bertz CT molecular complexity index is 1100. The highest BCUT2D eigenvalue weighted by Crippen LogP contribution is 2.07. The summed E-state index contributed by atoms with van der Waals surface area (Å²) < 4.78 is 0. The van der Waals surface area contributed by atoms with Crippen molar-refractivity contribution in [2.45, 2.75) is 25.3 Å². The number of Topliss-reactive ketones (excluding diaryl/α,β-unsaturated/α-hetero) is 2. The fourth-order valence-electron chi connectivity index (χ4n) is 2.91. The highest BCUT2D eigenvalue weighted by atomic mass is 16.3. The van der Waals surface area contributed by atoms with Gasteiger partial charge in [-0.25, -0.2) is 0 Å². The molecule has 0 fully saturated rings. The largest absolute Gasteiger partial charge is 0.388 e. The SMILES string of the molecule is NCCCC(=O)Cc1cccc(C#CC#Cc2ccc(C(=O)N[C@@H](CN)C(=O)CO)cc2)c1. The lowest BCUT2D eigenvalue weighted by Crippen LogP contribution is -2.46. The molecule has 2 aromatic carbocycles. The van der Waals surface area contributed by atoms with Crippen LogP contribution < -0.4 is 16.8 Å². The molecule has 0 aliphatic heterocycles. The first-order valence-corrected chi connectivity index (χ1v) is 10.5. The number of hydrogen-bond acceptors (Lipinski definition) is 6. The molecule has 0 aromatic heterocycles. The van der Waals surface area contributed by atoms with Gasteiger partial charge in [0.15, 0.2) is 5.78 Å². The standard InChI is InChI=1S/C26H27N3O4/c27-14-4-9-23(31)16-21-8-3-7-20(15-21)6-2-1-5-19-10-12-22(13-11-19)26(33)29-24(17-28)25(32)18-30/h3,7-8,10-13,15,24,30H,4,9,14,16-18,27-28H2,(H,29,33)/t24-/m0/s1. The molecule has 0 radical (unpaired) electrons. The van der Waals surface area contributed by atoms with Gasteiger partial charge in [0.1, 0.15) is 18.4 Å². The van der Waals surface area contributed by atoms with Crippen molar-refractivity contribution in [2.75, 3.05) is 19.7 Å². The van der Waals surface area contributed by atoms with Crippen LogP contribution in [0, 0.1) is 23.7 Å². The van der Waals surface area contributed by atoms with Crippen LogP contribution in [0.4, 0.5) is 0 Å². The Labute approximate surface area is 193 Å². The lowest BCUT2D eigenvalue weighted by atomic mass is 10.0. The minimum Gasteiger partial charge on any atom is -0.388 e. The molecule has 7 heteroatoms. The molecule has 6 N–H and O–H groups in total. The third-order valence-corrected chi connectivity index (χ3v) is 4.70. The van der Waals surface area contributed by atoms with Gasteiger partial charge in [-0.3, -0.25) is 14.4 Å². The van der Waals surface area contributed by atoms with Gasteiger partial charge in [0.05, 0.1) is 0 Å². The molecule has 0 aliphatic rings. The summed E-state index contributed by atoms with van der Waals surface area (Å²) in [5.41, 5.74) is 13.6. The number of aliphatic hydroxyl groups excluding tert-OH is 1. The van der Waals surface area contributed by atoms with E-state index in [4.69, 9.17) is 16.6 Å². The Morgan fingerprint density at radius 1 is 0.970 bits per heavy atom. The number of nitrogens with two attached hydrogens (primary N) is 2. The Hall–Kier alpha value is -3.75. The lowest BCUT2D eigenvalue weighted by molar-refractivity contribution is -0.123. The molecule has 1 amide bonds. The van der Waals surface area contributed by atoms with Crippen molar-refractivity contribution < 1.29 is 19.5 Å². The summed E-state index contributed by atoms with van der Waals surface area (Å²) in [7, 11) is 0. The molecule has 2 rings (SSSR count). The second kappa shape index (κ2) is 13.6. The van der Waals surface area contributed by atoms with Crippen molar-refractivity contribution in [3.05, 3.63) is 70.8 Å². The predicted molar refractivity (Wildman–Crippen MR) is 126 cm³/mol. The van der Waals surface area contributed by atoms with Crippen molar-refractivity contribution in [3.63, 3.8) is 0 Å². The number of nitrogens with one attached hydrogen (secondary N) is 1. The summed E-state index contributed by atoms with van der Waals surface area (Å²) in [6.45, 7) is -0.276. The Balaban J connectivity index is 1.98. The van der Waals surface area contributed by atoms with Crippen LogP contribution in [0.15, 0.2) is 48.5 Å². The summed E-state index contributed by atoms with van der Waals surface area (Å²) in [6, 6.07) is 13.0. The van der Waals surface area contributed by atoms with Crippen LogP contribution in [-0.2, 0) is 16.0 Å². The van der Waals surface area contributed by atoms with Crippen LogP contribution in [0.25, 0.3) is 0 Å². The van der Waals surface area contributed by atoms with Crippen LogP contribution in [-0.4, -0.2) is 48.3 Å². The van der Waals surface area contributed by atoms with Gasteiger partial charge in [-0.1, -0.05) is 24.0 Å². The fraction of sp³-hybridized carbons (Fsp3) is 0.269.